The van der Waals surface area contributed by atoms with E-state index in [0.29, 0.717) is 18.7 Å². The van der Waals surface area contributed by atoms with Crippen molar-refractivity contribution in [1.29, 1.82) is 0 Å². The molecule has 2 aromatic carbocycles. The molecule has 1 fully saturated rings. The van der Waals surface area contributed by atoms with Crippen molar-refractivity contribution >= 4 is 39.2 Å². The number of aromatic nitrogens is 2. The van der Waals surface area contributed by atoms with Crippen molar-refractivity contribution in [2.75, 3.05) is 26.2 Å². The molecule has 0 spiro atoms. The minimum absolute atomic E-state index is 0.0613. The summed E-state index contributed by atoms with van der Waals surface area (Å²) in [6.07, 6.45) is 1.75. The summed E-state index contributed by atoms with van der Waals surface area (Å²) in [6, 6.07) is 22.0. The number of para-hydroxylation sites is 1. The topological polar surface area (TPSA) is 49.3 Å². The van der Waals surface area contributed by atoms with E-state index in [0.717, 1.165) is 40.1 Å². The maximum absolute atomic E-state index is 13.2. The van der Waals surface area contributed by atoms with E-state index in [-0.39, 0.29) is 5.91 Å². The van der Waals surface area contributed by atoms with E-state index in [2.05, 4.69) is 28.1 Å². The van der Waals surface area contributed by atoms with Crippen molar-refractivity contribution in [3.63, 3.8) is 0 Å². The van der Waals surface area contributed by atoms with Crippen LogP contribution in [0.2, 0.25) is 0 Å². The van der Waals surface area contributed by atoms with Crippen LogP contribution in [-0.2, 0) is 6.54 Å². The molecule has 0 unspecified atom stereocenters. The lowest BCUT2D eigenvalue weighted by Gasteiger charge is -2.34. The van der Waals surface area contributed by atoms with Gasteiger partial charge in [0.1, 0.15) is 10.0 Å². The summed E-state index contributed by atoms with van der Waals surface area (Å²) in [5.74, 6) is 0.0613. The fourth-order valence-electron chi connectivity index (χ4n) is 3.69. The molecule has 4 aromatic rings. The minimum Gasteiger partial charge on any atom is -0.336 e. The largest absolute Gasteiger partial charge is 0.336 e. The molecule has 0 atom stereocenters. The highest BCUT2D eigenvalue weighted by Crippen LogP contribution is 2.29. The average Bonchev–Trinajstić information content (AvgIpc) is 3.22. The first-order valence-electron chi connectivity index (χ1n) is 10.3. The summed E-state index contributed by atoms with van der Waals surface area (Å²) >= 11 is 3.29. The molecule has 1 saturated heterocycles. The SMILES string of the molecule is O=C(c1cccnc1Sc1ccccc1)N1CCN(Cc2nc3ccccc3s2)CC1. The van der Waals surface area contributed by atoms with Gasteiger partial charge in [0.15, 0.2) is 0 Å². The average molecular weight is 447 g/mol. The molecule has 5 rings (SSSR count). The van der Waals surface area contributed by atoms with Gasteiger partial charge >= 0.3 is 0 Å². The molecule has 3 heterocycles. The Kier molecular flexibility index (Phi) is 5.97. The molecule has 5 nitrogen and oxygen atoms in total. The Labute approximate surface area is 189 Å². The molecular weight excluding hydrogens is 424 g/mol. The number of piperazine rings is 1. The molecule has 1 amide bonds. The summed E-state index contributed by atoms with van der Waals surface area (Å²) in [7, 11) is 0. The van der Waals surface area contributed by atoms with Gasteiger partial charge in [-0.2, -0.15) is 0 Å². The van der Waals surface area contributed by atoms with E-state index in [1.807, 2.05) is 53.4 Å². The molecule has 0 N–H and O–H groups in total. The number of pyridine rings is 1. The zero-order valence-corrected chi connectivity index (χ0v) is 18.6. The third kappa shape index (κ3) is 4.63. The molecular formula is C24H22N4OS2. The summed E-state index contributed by atoms with van der Waals surface area (Å²) in [6.45, 7) is 3.97. The lowest BCUT2D eigenvalue weighted by molar-refractivity contribution is 0.0624. The quantitative estimate of drug-likeness (QED) is 0.441. The van der Waals surface area contributed by atoms with Crippen LogP contribution in [0.1, 0.15) is 15.4 Å². The van der Waals surface area contributed by atoms with Gasteiger partial charge in [-0.15, -0.1) is 11.3 Å². The van der Waals surface area contributed by atoms with Crippen LogP contribution >= 0.6 is 23.1 Å². The molecule has 2 aromatic heterocycles. The predicted octanol–water partition coefficient (Wildman–Crippen LogP) is 4.80. The second kappa shape index (κ2) is 9.18. The Morgan fingerprint density at radius 2 is 1.71 bits per heavy atom. The van der Waals surface area contributed by atoms with Crippen LogP contribution in [0.15, 0.2) is 82.8 Å². The Bertz CT molecular complexity index is 1150. The second-order valence-electron chi connectivity index (χ2n) is 7.41. The molecule has 0 saturated carbocycles. The van der Waals surface area contributed by atoms with Crippen LogP contribution in [0.3, 0.4) is 0 Å². The van der Waals surface area contributed by atoms with E-state index in [1.165, 1.54) is 16.5 Å². The number of carbonyl (C=O) groups excluding carboxylic acids is 1. The number of rotatable bonds is 5. The fraction of sp³-hybridized carbons (Fsp3) is 0.208. The normalized spacial score (nSPS) is 14.8. The lowest BCUT2D eigenvalue weighted by atomic mass is 10.2. The van der Waals surface area contributed by atoms with E-state index >= 15 is 0 Å². The van der Waals surface area contributed by atoms with E-state index in [9.17, 15) is 4.79 Å². The number of nitrogens with zero attached hydrogens (tertiary/aromatic N) is 4. The lowest BCUT2D eigenvalue weighted by Crippen LogP contribution is -2.48. The zero-order chi connectivity index (χ0) is 21.0. The molecule has 0 radical (unpaired) electrons. The van der Waals surface area contributed by atoms with Gasteiger partial charge in [0.05, 0.1) is 22.3 Å². The van der Waals surface area contributed by atoms with Crippen LogP contribution < -0.4 is 0 Å². The van der Waals surface area contributed by atoms with Crippen LogP contribution in [0.25, 0.3) is 10.2 Å². The Morgan fingerprint density at radius 3 is 2.52 bits per heavy atom. The van der Waals surface area contributed by atoms with E-state index in [4.69, 9.17) is 4.98 Å². The minimum atomic E-state index is 0.0613. The van der Waals surface area contributed by atoms with Crippen molar-refractivity contribution in [2.45, 2.75) is 16.5 Å². The summed E-state index contributed by atoms with van der Waals surface area (Å²) in [4.78, 5) is 27.9. The van der Waals surface area contributed by atoms with Gasteiger partial charge < -0.3 is 4.90 Å². The summed E-state index contributed by atoms with van der Waals surface area (Å²) in [5, 5.41) is 1.89. The monoisotopic (exact) mass is 446 g/mol. The maximum atomic E-state index is 13.2. The van der Waals surface area contributed by atoms with Crippen LogP contribution in [0, 0.1) is 0 Å². The number of fused-ring (bicyclic) bond motifs is 1. The molecule has 1 aliphatic heterocycles. The Morgan fingerprint density at radius 1 is 0.935 bits per heavy atom. The van der Waals surface area contributed by atoms with Crippen LogP contribution in [-0.4, -0.2) is 51.9 Å². The first-order chi connectivity index (χ1) is 15.3. The van der Waals surface area contributed by atoms with Crippen molar-refractivity contribution in [3.05, 3.63) is 83.5 Å². The number of carbonyl (C=O) groups is 1. The fourth-order valence-corrected chi connectivity index (χ4v) is 5.60. The first kappa shape index (κ1) is 20.2. The predicted molar refractivity (Wildman–Crippen MR) is 126 cm³/mol. The number of amides is 1. The molecule has 156 valence electrons. The van der Waals surface area contributed by atoms with Gasteiger partial charge in [-0.3, -0.25) is 9.69 Å². The van der Waals surface area contributed by atoms with Gasteiger partial charge in [0.25, 0.3) is 5.91 Å². The number of hydrogen-bond donors (Lipinski definition) is 0. The molecule has 31 heavy (non-hydrogen) atoms. The van der Waals surface area contributed by atoms with Crippen molar-refractivity contribution in [1.82, 2.24) is 19.8 Å². The Balaban J connectivity index is 1.23. The highest BCUT2D eigenvalue weighted by atomic mass is 32.2. The van der Waals surface area contributed by atoms with Crippen LogP contribution in [0.4, 0.5) is 0 Å². The maximum Gasteiger partial charge on any atom is 0.256 e. The smallest absolute Gasteiger partial charge is 0.256 e. The molecule has 0 aliphatic carbocycles. The van der Waals surface area contributed by atoms with Gasteiger partial charge in [-0.25, -0.2) is 9.97 Å². The highest BCUT2D eigenvalue weighted by Gasteiger charge is 2.25. The van der Waals surface area contributed by atoms with Crippen LogP contribution in [0.5, 0.6) is 0 Å². The summed E-state index contributed by atoms with van der Waals surface area (Å²) in [5.41, 5.74) is 1.74. The van der Waals surface area contributed by atoms with Gasteiger partial charge in [-0.1, -0.05) is 42.1 Å². The van der Waals surface area contributed by atoms with Gasteiger partial charge in [0, 0.05) is 37.3 Å². The molecule has 0 bridgehead atoms. The second-order valence-corrected chi connectivity index (χ2v) is 9.59. The third-order valence-corrected chi connectivity index (χ3v) is 7.36. The van der Waals surface area contributed by atoms with E-state index < -0.39 is 0 Å². The van der Waals surface area contributed by atoms with Crippen molar-refractivity contribution in [2.24, 2.45) is 0 Å². The highest BCUT2D eigenvalue weighted by molar-refractivity contribution is 7.99. The number of benzene rings is 2. The van der Waals surface area contributed by atoms with Crippen molar-refractivity contribution in [3.8, 4) is 0 Å². The number of thiazole rings is 1. The standard InChI is InChI=1S/C24H22N4OS2/c29-24(19-9-6-12-25-23(19)30-18-7-2-1-3-8-18)28-15-13-27(14-16-28)17-22-26-20-10-4-5-11-21(20)31-22/h1-12H,13-17H2. The van der Waals surface area contributed by atoms with Gasteiger partial charge in [0.2, 0.25) is 0 Å². The first-order valence-corrected chi connectivity index (χ1v) is 11.9. The molecule has 7 heteroatoms. The van der Waals surface area contributed by atoms with E-state index in [1.54, 1.807) is 17.5 Å². The van der Waals surface area contributed by atoms with Gasteiger partial charge in [-0.05, 0) is 36.4 Å². The summed E-state index contributed by atoms with van der Waals surface area (Å²) < 4.78 is 1.23. The zero-order valence-electron chi connectivity index (χ0n) is 17.0. The molecule has 1 aliphatic rings. The Hall–Kier alpha value is -2.74. The third-order valence-electron chi connectivity index (χ3n) is 5.32. The number of hydrogen-bond acceptors (Lipinski definition) is 6. The van der Waals surface area contributed by atoms with Crippen molar-refractivity contribution < 1.29 is 4.79 Å².